The first-order valence-electron chi connectivity index (χ1n) is 8.81. The average Bonchev–Trinajstić information content (AvgIpc) is 2.65. The predicted molar refractivity (Wildman–Crippen MR) is 102 cm³/mol. The lowest BCUT2D eigenvalue weighted by atomic mass is 10.1. The van der Waals surface area contributed by atoms with Crippen LogP contribution in [0.25, 0.3) is 0 Å². The Morgan fingerprint density at radius 1 is 0.962 bits per heavy atom. The predicted octanol–water partition coefficient (Wildman–Crippen LogP) is 3.16. The monoisotopic (exact) mass is 354 g/mol. The molecule has 0 aliphatic carbocycles. The normalized spacial score (nSPS) is 11.7. The zero-order chi connectivity index (χ0) is 18.9. The lowest BCUT2D eigenvalue weighted by Crippen LogP contribution is -2.44. The maximum atomic E-state index is 12.3. The van der Waals surface area contributed by atoms with E-state index in [1.807, 2.05) is 30.3 Å². The van der Waals surface area contributed by atoms with E-state index in [1.54, 1.807) is 31.2 Å². The summed E-state index contributed by atoms with van der Waals surface area (Å²) in [5.41, 5.74) is 1.43. The zero-order valence-electron chi connectivity index (χ0n) is 15.5. The van der Waals surface area contributed by atoms with Gasteiger partial charge in [0.15, 0.2) is 0 Å². The van der Waals surface area contributed by atoms with Gasteiger partial charge < -0.3 is 15.4 Å². The summed E-state index contributed by atoms with van der Waals surface area (Å²) < 4.78 is 5.79. The van der Waals surface area contributed by atoms with Gasteiger partial charge in [0.2, 0.25) is 5.91 Å². The second-order valence-corrected chi connectivity index (χ2v) is 6.59. The van der Waals surface area contributed by atoms with Crippen LogP contribution in [-0.2, 0) is 11.3 Å². The van der Waals surface area contributed by atoms with Crippen molar-refractivity contribution in [2.75, 3.05) is 6.61 Å². The van der Waals surface area contributed by atoms with Crippen LogP contribution in [0, 0.1) is 5.92 Å². The van der Waals surface area contributed by atoms with Gasteiger partial charge in [0.05, 0.1) is 6.61 Å². The van der Waals surface area contributed by atoms with Crippen LogP contribution >= 0.6 is 0 Å². The second kappa shape index (κ2) is 9.61. The number of nitrogens with one attached hydrogen (secondary N) is 2. The summed E-state index contributed by atoms with van der Waals surface area (Å²) in [4.78, 5) is 24.4. The van der Waals surface area contributed by atoms with Gasteiger partial charge in [0, 0.05) is 17.7 Å². The first-order chi connectivity index (χ1) is 12.5. The molecule has 2 rings (SSSR count). The molecule has 2 amide bonds. The smallest absolute Gasteiger partial charge is 0.251 e. The molecule has 1 atom stereocenters. The fourth-order valence-corrected chi connectivity index (χ4v) is 2.32. The number of benzene rings is 2. The van der Waals surface area contributed by atoms with Gasteiger partial charge in [-0.15, -0.1) is 0 Å². The molecule has 0 aliphatic rings. The van der Waals surface area contributed by atoms with Gasteiger partial charge in [0.25, 0.3) is 5.91 Å². The Hall–Kier alpha value is -2.82. The molecule has 0 spiro atoms. The lowest BCUT2D eigenvalue weighted by molar-refractivity contribution is -0.122. The number of carbonyl (C=O) groups is 2. The van der Waals surface area contributed by atoms with Gasteiger partial charge in [-0.25, -0.2) is 0 Å². The van der Waals surface area contributed by atoms with Crippen LogP contribution in [0.4, 0.5) is 0 Å². The Labute approximate surface area is 154 Å². The number of rotatable bonds is 8. The van der Waals surface area contributed by atoms with Gasteiger partial charge in [-0.3, -0.25) is 9.59 Å². The van der Waals surface area contributed by atoms with Crippen molar-refractivity contribution in [2.45, 2.75) is 33.4 Å². The molecule has 5 nitrogen and oxygen atoms in total. The molecule has 0 aliphatic heterocycles. The Bertz CT molecular complexity index is 729. The lowest BCUT2D eigenvalue weighted by Gasteiger charge is -2.16. The third-order valence-corrected chi connectivity index (χ3v) is 3.77. The minimum absolute atomic E-state index is 0.243. The van der Waals surface area contributed by atoms with Crippen LogP contribution in [0.3, 0.4) is 0 Å². The molecule has 2 aromatic rings. The van der Waals surface area contributed by atoms with Crippen molar-refractivity contribution in [1.29, 1.82) is 0 Å². The van der Waals surface area contributed by atoms with Crippen LogP contribution < -0.4 is 15.4 Å². The number of para-hydroxylation sites is 1. The van der Waals surface area contributed by atoms with E-state index in [-0.39, 0.29) is 11.8 Å². The van der Waals surface area contributed by atoms with Crippen molar-refractivity contribution >= 4 is 11.8 Å². The largest absolute Gasteiger partial charge is 0.493 e. The van der Waals surface area contributed by atoms with Crippen LogP contribution in [0.15, 0.2) is 54.6 Å². The van der Waals surface area contributed by atoms with E-state index < -0.39 is 6.04 Å². The van der Waals surface area contributed by atoms with E-state index in [4.69, 9.17) is 4.74 Å². The van der Waals surface area contributed by atoms with Gasteiger partial charge in [-0.1, -0.05) is 50.2 Å². The zero-order valence-corrected chi connectivity index (χ0v) is 15.5. The third kappa shape index (κ3) is 5.92. The summed E-state index contributed by atoms with van der Waals surface area (Å²) in [5.74, 6) is 0.676. The van der Waals surface area contributed by atoms with Crippen LogP contribution in [0.2, 0.25) is 0 Å². The first-order valence-corrected chi connectivity index (χ1v) is 8.81. The van der Waals surface area contributed by atoms with Crippen molar-refractivity contribution in [1.82, 2.24) is 10.6 Å². The van der Waals surface area contributed by atoms with Crippen molar-refractivity contribution < 1.29 is 14.3 Å². The summed E-state index contributed by atoms with van der Waals surface area (Å²) in [5, 5.41) is 5.55. The maximum Gasteiger partial charge on any atom is 0.251 e. The molecular weight excluding hydrogens is 328 g/mol. The summed E-state index contributed by atoms with van der Waals surface area (Å²) in [6.45, 7) is 6.80. The molecule has 0 radical (unpaired) electrons. The van der Waals surface area contributed by atoms with E-state index in [1.165, 1.54) is 0 Å². The summed E-state index contributed by atoms with van der Waals surface area (Å²) in [6, 6.07) is 15.8. The van der Waals surface area contributed by atoms with Crippen molar-refractivity contribution in [3.8, 4) is 5.75 Å². The highest BCUT2D eigenvalue weighted by atomic mass is 16.5. The van der Waals surface area contributed by atoms with Gasteiger partial charge >= 0.3 is 0 Å². The molecule has 0 aromatic heterocycles. The summed E-state index contributed by atoms with van der Waals surface area (Å²) in [6.07, 6.45) is 0. The highest BCUT2D eigenvalue weighted by Gasteiger charge is 2.16. The highest BCUT2D eigenvalue weighted by molar-refractivity contribution is 5.97. The number of ether oxygens (including phenoxy) is 1. The Morgan fingerprint density at radius 3 is 2.31 bits per heavy atom. The van der Waals surface area contributed by atoms with E-state index >= 15 is 0 Å². The molecular formula is C21H26N2O3. The molecule has 0 heterocycles. The fraction of sp³-hybridized carbons (Fsp3) is 0.333. The highest BCUT2D eigenvalue weighted by Crippen LogP contribution is 2.18. The van der Waals surface area contributed by atoms with Crippen molar-refractivity contribution in [3.63, 3.8) is 0 Å². The summed E-state index contributed by atoms with van der Waals surface area (Å²) >= 11 is 0. The molecule has 0 bridgehead atoms. The number of hydrogen-bond donors (Lipinski definition) is 2. The van der Waals surface area contributed by atoms with E-state index in [0.29, 0.717) is 24.6 Å². The molecule has 0 fully saturated rings. The molecule has 1 unspecified atom stereocenters. The molecule has 2 aromatic carbocycles. The van der Waals surface area contributed by atoms with Crippen LogP contribution in [-0.4, -0.2) is 24.5 Å². The minimum atomic E-state index is -0.633. The van der Waals surface area contributed by atoms with Gasteiger partial charge in [0.1, 0.15) is 11.8 Å². The molecule has 2 N–H and O–H groups in total. The summed E-state index contributed by atoms with van der Waals surface area (Å²) in [7, 11) is 0. The first kappa shape index (κ1) is 19.5. The van der Waals surface area contributed by atoms with E-state index in [9.17, 15) is 9.59 Å². The molecule has 5 heteroatoms. The molecule has 0 saturated carbocycles. The van der Waals surface area contributed by atoms with Gasteiger partial charge in [-0.2, -0.15) is 0 Å². The Morgan fingerprint density at radius 2 is 1.62 bits per heavy atom. The van der Waals surface area contributed by atoms with Gasteiger partial charge in [-0.05, 0) is 31.0 Å². The van der Waals surface area contributed by atoms with Crippen LogP contribution in [0.5, 0.6) is 5.75 Å². The number of amides is 2. The third-order valence-electron chi connectivity index (χ3n) is 3.77. The van der Waals surface area contributed by atoms with Crippen LogP contribution in [0.1, 0.15) is 36.7 Å². The van der Waals surface area contributed by atoms with E-state index in [2.05, 4.69) is 24.5 Å². The quantitative estimate of drug-likeness (QED) is 0.765. The second-order valence-electron chi connectivity index (χ2n) is 6.59. The van der Waals surface area contributed by atoms with Crippen molar-refractivity contribution in [2.24, 2.45) is 5.92 Å². The Kier molecular flexibility index (Phi) is 7.21. The SMILES string of the molecule is CC(C)COc1ccccc1CNC(=O)C(C)NC(=O)c1ccccc1. The molecule has 0 saturated heterocycles. The van der Waals surface area contributed by atoms with E-state index in [0.717, 1.165) is 11.3 Å². The topological polar surface area (TPSA) is 67.4 Å². The average molecular weight is 354 g/mol. The maximum absolute atomic E-state index is 12.3. The minimum Gasteiger partial charge on any atom is -0.493 e. The molecule has 26 heavy (non-hydrogen) atoms. The number of carbonyl (C=O) groups excluding carboxylic acids is 2. The fourth-order valence-electron chi connectivity index (χ4n) is 2.32. The standard InChI is InChI=1S/C21H26N2O3/c1-15(2)14-26-19-12-8-7-11-18(19)13-22-20(24)16(3)23-21(25)17-9-5-4-6-10-17/h4-12,15-16H,13-14H2,1-3H3,(H,22,24)(H,23,25). The number of hydrogen-bond acceptors (Lipinski definition) is 3. The molecule has 138 valence electrons. The van der Waals surface area contributed by atoms with Crippen molar-refractivity contribution in [3.05, 3.63) is 65.7 Å². The Balaban J connectivity index is 1.89.